The third kappa shape index (κ3) is 10.6. The SMILES string of the molecule is COC(F)(F)C(Cl)Cl.FC(F)C(F)(F)OCC(F)(F)F. The van der Waals surface area contributed by atoms with Crippen molar-refractivity contribution < 1.29 is 49.0 Å². The monoisotopic (exact) mass is 364 g/mol. The molecule has 13 heteroatoms. The van der Waals surface area contributed by atoms with E-state index in [2.05, 4.69) is 9.47 Å². The first-order valence-electron chi connectivity index (χ1n) is 4.23. The van der Waals surface area contributed by atoms with Crippen LogP contribution >= 0.6 is 23.2 Å². The van der Waals surface area contributed by atoms with Gasteiger partial charge in [-0.05, 0) is 0 Å². The summed E-state index contributed by atoms with van der Waals surface area (Å²) in [5.74, 6) is 0. The number of hydrogen-bond donors (Lipinski definition) is 0. The molecule has 0 aliphatic carbocycles. The molecule has 0 saturated carbocycles. The van der Waals surface area contributed by atoms with Crippen molar-refractivity contribution in [3.63, 3.8) is 0 Å². The molecule has 20 heavy (non-hydrogen) atoms. The summed E-state index contributed by atoms with van der Waals surface area (Å²) < 4.78 is 109. The van der Waals surface area contributed by atoms with Gasteiger partial charge in [-0.25, -0.2) is 8.78 Å². The molecule has 0 rings (SSSR count). The molecule has 0 aromatic heterocycles. The molecule has 0 amide bonds. The third-order valence-electron chi connectivity index (χ3n) is 1.21. The molecule has 0 heterocycles. The van der Waals surface area contributed by atoms with Crippen LogP contribution in [0.2, 0.25) is 0 Å². The first-order valence-corrected chi connectivity index (χ1v) is 5.10. The standard InChI is InChI=1S/C4H3F7O.C3H4Cl2F2O/c5-2(6)4(10,11)12-1-3(7,8)9;1-8-3(6,7)2(4)5/h2H,1H2;2H,1H3. The Bertz CT molecular complexity index is 270. The summed E-state index contributed by atoms with van der Waals surface area (Å²) >= 11 is 9.52. The van der Waals surface area contributed by atoms with E-state index < -0.39 is 36.3 Å². The van der Waals surface area contributed by atoms with Crippen LogP contribution in [-0.2, 0) is 9.47 Å². The highest BCUT2D eigenvalue weighted by molar-refractivity contribution is 6.44. The molecule has 0 fully saturated rings. The lowest BCUT2D eigenvalue weighted by atomic mass is 10.6. The Morgan fingerprint density at radius 1 is 0.900 bits per heavy atom. The normalized spacial score (nSPS) is 13.5. The lowest BCUT2D eigenvalue weighted by molar-refractivity contribution is -0.330. The molecule has 0 bridgehead atoms. The van der Waals surface area contributed by atoms with Gasteiger partial charge >= 0.3 is 24.8 Å². The van der Waals surface area contributed by atoms with E-state index in [1.807, 2.05) is 0 Å². The van der Waals surface area contributed by atoms with E-state index in [1.54, 1.807) is 0 Å². The van der Waals surface area contributed by atoms with Crippen LogP contribution in [-0.4, -0.2) is 43.4 Å². The summed E-state index contributed by atoms with van der Waals surface area (Å²) in [5, 5.41) is 0. The molecular formula is C7H7Cl2F9O2. The van der Waals surface area contributed by atoms with E-state index in [9.17, 15) is 39.5 Å². The van der Waals surface area contributed by atoms with Gasteiger partial charge in [0, 0.05) is 7.11 Å². The van der Waals surface area contributed by atoms with Crippen molar-refractivity contribution in [1.82, 2.24) is 0 Å². The van der Waals surface area contributed by atoms with E-state index in [1.165, 1.54) is 0 Å². The van der Waals surface area contributed by atoms with Crippen LogP contribution in [0.5, 0.6) is 0 Å². The molecule has 0 spiro atoms. The fourth-order valence-electron chi connectivity index (χ4n) is 0.330. The van der Waals surface area contributed by atoms with Crippen molar-refractivity contribution in [3.05, 3.63) is 0 Å². The van der Waals surface area contributed by atoms with Crippen molar-refractivity contribution in [3.8, 4) is 0 Å². The lowest BCUT2D eigenvalue weighted by Crippen LogP contribution is -2.34. The molecule has 0 unspecified atom stereocenters. The van der Waals surface area contributed by atoms with Gasteiger partial charge in [-0.3, -0.25) is 0 Å². The second-order valence-corrected chi connectivity index (χ2v) is 3.93. The Balaban J connectivity index is 0. The second-order valence-electron chi connectivity index (χ2n) is 2.83. The van der Waals surface area contributed by atoms with E-state index in [4.69, 9.17) is 23.2 Å². The molecule has 2 nitrogen and oxygen atoms in total. The zero-order chi connectivity index (χ0) is 16.8. The van der Waals surface area contributed by atoms with Crippen molar-refractivity contribution in [2.75, 3.05) is 13.7 Å². The van der Waals surface area contributed by atoms with Gasteiger partial charge in [0.15, 0.2) is 4.84 Å². The maximum Gasteiger partial charge on any atom is 0.416 e. The average Bonchev–Trinajstić information content (AvgIpc) is 2.26. The Hall–Kier alpha value is -0.130. The van der Waals surface area contributed by atoms with Gasteiger partial charge in [-0.2, -0.15) is 30.7 Å². The number of methoxy groups -OCH3 is 1. The quantitative estimate of drug-likeness (QED) is 0.530. The highest BCUT2D eigenvalue weighted by atomic mass is 35.5. The summed E-state index contributed by atoms with van der Waals surface area (Å²) in [7, 11) is 0.831. The predicted octanol–water partition coefficient (Wildman–Crippen LogP) is 4.45. The summed E-state index contributed by atoms with van der Waals surface area (Å²) in [6.45, 7) is -2.40. The highest BCUT2D eigenvalue weighted by Gasteiger charge is 2.45. The van der Waals surface area contributed by atoms with Crippen LogP contribution in [0.1, 0.15) is 0 Å². The minimum atomic E-state index is -5.05. The summed E-state index contributed by atoms with van der Waals surface area (Å²) in [6.07, 6.45) is -17.8. The van der Waals surface area contributed by atoms with Crippen LogP contribution < -0.4 is 0 Å². The molecule has 0 N–H and O–H groups in total. The van der Waals surface area contributed by atoms with Crippen molar-refractivity contribution >= 4 is 23.2 Å². The Kier molecular flexibility index (Phi) is 9.25. The zero-order valence-electron chi connectivity index (χ0n) is 9.34. The third-order valence-corrected chi connectivity index (χ3v) is 1.72. The number of hydrogen-bond acceptors (Lipinski definition) is 2. The molecule has 0 aromatic carbocycles. The Morgan fingerprint density at radius 3 is 1.45 bits per heavy atom. The Labute approximate surface area is 116 Å². The van der Waals surface area contributed by atoms with E-state index in [0.29, 0.717) is 0 Å². The maximum atomic E-state index is 11.8. The van der Waals surface area contributed by atoms with Gasteiger partial charge < -0.3 is 9.47 Å². The molecule has 0 aromatic rings. The fraction of sp³-hybridized carbons (Fsp3) is 1.00. The van der Waals surface area contributed by atoms with Gasteiger partial charge in [-0.15, -0.1) is 0 Å². The van der Waals surface area contributed by atoms with Gasteiger partial charge in [0.1, 0.15) is 6.61 Å². The average molecular weight is 365 g/mol. The molecular weight excluding hydrogens is 358 g/mol. The predicted molar refractivity (Wildman–Crippen MR) is 50.4 cm³/mol. The van der Waals surface area contributed by atoms with Crippen molar-refractivity contribution in [2.24, 2.45) is 0 Å². The van der Waals surface area contributed by atoms with Crippen LogP contribution in [0.4, 0.5) is 39.5 Å². The largest absolute Gasteiger partial charge is 0.416 e. The van der Waals surface area contributed by atoms with E-state index >= 15 is 0 Å². The van der Waals surface area contributed by atoms with E-state index in [-0.39, 0.29) is 0 Å². The smallest absolute Gasteiger partial charge is 0.322 e. The van der Waals surface area contributed by atoms with Gasteiger partial charge in [0.05, 0.1) is 0 Å². The topological polar surface area (TPSA) is 18.5 Å². The minimum Gasteiger partial charge on any atom is -0.322 e. The van der Waals surface area contributed by atoms with Crippen LogP contribution in [0.15, 0.2) is 0 Å². The zero-order valence-corrected chi connectivity index (χ0v) is 10.8. The molecule has 0 aliphatic heterocycles. The van der Waals surface area contributed by atoms with Gasteiger partial charge in [0.2, 0.25) is 0 Å². The molecule has 0 atom stereocenters. The molecule has 0 saturated heterocycles. The molecule has 0 aliphatic rings. The summed E-state index contributed by atoms with van der Waals surface area (Å²) in [4.78, 5) is -1.80. The van der Waals surface area contributed by atoms with Crippen molar-refractivity contribution in [2.45, 2.75) is 29.7 Å². The van der Waals surface area contributed by atoms with Crippen molar-refractivity contribution in [1.29, 1.82) is 0 Å². The maximum absolute atomic E-state index is 11.8. The molecule has 0 radical (unpaired) electrons. The number of alkyl halides is 11. The van der Waals surface area contributed by atoms with Crippen LogP contribution in [0.25, 0.3) is 0 Å². The number of ether oxygens (including phenoxy) is 2. The van der Waals surface area contributed by atoms with Crippen LogP contribution in [0, 0.1) is 0 Å². The van der Waals surface area contributed by atoms with Crippen LogP contribution in [0.3, 0.4) is 0 Å². The summed E-state index contributed by atoms with van der Waals surface area (Å²) in [5.41, 5.74) is 0. The number of halogens is 11. The minimum absolute atomic E-state index is 0.831. The molecule has 124 valence electrons. The second kappa shape index (κ2) is 8.35. The fourth-order valence-corrected chi connectivity index (χ4v) is 0.508. The van der Waals surface area contributed by atoms with Gasteiger partial charge in [-0.1, -0.05) is 23.2 Å². The highest BCUT2D eigenvalue weighted by Crippen LogP contribution is 2.27. The van der Waals surface area contributed by atoms with E-state index in [0.717, 1.165) is 7.11 Å². The first kappa shape index (κ1) is 22.2. The Morgan fingerprint density at radius 2 is 1.30 bits per heavy atom. The summed E-state index contributed by atoms with van der Waals surface area (Å²) in [6, 6.07) is 0. The number of rotatable bonds is 5. The first-order chi connectivity index (χ1) is 8.65. The van der Waals surface area contributed by atoms with Gasteiger partial charge in [0.25, 0.3) is 0 Å². The lowest BCUT2D eigenvalue weighted by Gasteiger charge is -2.16.